The Kier molecular flexibility index (Phi) is 5.99. The Hall–Kier alpha value is -3.28. The van der Waals surface area contributed by atoms with E-state index in [4.69, 9.17) is 13.9 Å². The largest absolute Gasteiger partial charge is 0.497 e. The quantitative estimate of drug-likeness (QED) is 0.583. The number of ether oxygens (including phenoxy) is 2. The maximum absolute atomic E-state index is 12.7. The summed E-state index contributed by atoms with van der Waals surface area (Å²) in [6, 6.07) is 15.7. The van der Waals surface area contributed by atoms with Crippen molar-refractivity contribution >= 4 is 16.9 Å². The molecule has 0 radical (unpaired) electrons. The molecule has 0 saturated carbocycles. The maximum atomic E-state index is 12.7. The number of methoxy groups -OCH3 is 1. The number of fused-ring (bicyclic) bond motifs is 1. The molecule has 3 rings (SSSR count). The van der Waals surface area contributed by atoms with Crippen molar-refractivity contribution in [2.75, 3.05) is 20.3 Å². The van der Waals surface area contributed by atoms with Crippen LogP contribution in [0.5, 0.6) is 11.5 Å². The van der Waals surface area contributed by atoms with E-state index >= 15 is 0 Å². The van der Waals surface area contributed by atoms with E-state index in [0.717, 1.165) is 16.7 Å². The first-order chi connectivity index (χ1) is 13.5. The number of hydrogen-bond donors (Lipinski definition) is 0. The van der Waals surface area contributed by atoms with Crippen LogP contribution in [0, 0.1) is 0 Å². The monoisotopic (exact) mass is 381 g/mol. The number of carbonyl (C=O) groups is 1. The van der Waals surface area contributed by atoms with Gasteiger partial charge < -0.3 is 18.8 Å². The predicted molar refractivity (Wildman–Crippen MR) is 107 cm³/mol. The van der Waals surface area contributed by atoms with Gasteiger partial charge in [0.2, 0.25) is 0 Å². The molecule has 1 atom stereocenters. The molecular weight excluding hydrogens is 358 g/mol. The normalized spacial score (nSPS) is 11.8. The molecule has 0 saturated heterocycles. The second kappa shape index (κ2) is 8.61. The number of likely N-dealkylation sites (N-methyl/N-ethyl adjacent to an activating group) is 1. The second-order valence-electron chi connectivity index (χ2n) is 6.38. The van der Waals surface area contributed by atoms with E-state index in [9.17, 15) is 9.59 Å². The summed E-state index contributed by atoms with van der Waals surface area (Å²) in [5.74, 6) is 1.09. The third-order valence-electron chi connectivity index (χ3n) is 4.66. The lowest BCUT2D eigenvalue weighted by Gasteiger charge is -2.28. The fourth-order valence-corrected chi connectivity index (χ4v) is 3.11. The van der Waals surface area contributed by atoms with Gasteiger partial charge in [0.1, 0.15) is 17.1 Å². The van der Waals surface area contributed by atoms with Crippen LogP contribution in [0.2, 0.25) is 0 Å². The van der Waals surface area contributed by atoms with Crippen LogP contribution in [0.4, 0.5) is 0 Å². The van der Waals surface area contributed by atoms with Crippen LogP contribution < -0.4 is 15.1 Å². The van der Waals surface area contributed by atoms with E-state index in [1.165, 1.54) is 6.07 Å². The molecule has 1 unspecified atom stereocenters. The molecule has 0 fully saturated rings. The molecule has 1 heterocycles. The van der Waals surface area contributed by atoms with Gasteiger partial charge in [-0.05, 0) is 49.7 Å². The van der Waals surface area contributed by atoms with Crippen LogP contribution in [0.25, 0.3) is 11.0 Å². The van der Waals surface area contributed by atoms with Gasteiger partial charge in [0, 0.05) is 24.1 Å². The molecule has 0 aliphatic rings. The molecule has 1 amide bonds. The summed E-state index contributed by atoms with van der Waals surface area (Å²) in [6.07, 6.45) is 0. The molecule has 28 heavy (non-hydrogen) atoms. The molecule has 6 nitrogen and oxygen atoms in total. The highest BCUT2D eigenvalue weighted by molar-refractivity contribution is 5.79. The summed E-state index contributed by atoms with van der Waals surface area (Å²) < 4.78 is 16.1. The average molecular weight is 381 g/mol. The first-order valence-electron chi connectivity index (χ1n) is 9.12. The van der Waals surface area contributed by atoms with Crippen LogP contribution in [0.1, 0.15) is 25.5 Å². The van der Waals surface area contributed by atoms with Crippen molar-refractivity contribution in [1.29, 1.82) is 0 Å². The third kappa shape index (κ3) is 4.34. The van der Waals surface area contributed by atoms with E-state index < -0.39 is 5.63 Å². The van der Waals surface area contributed by atoms with Crippen molar-refractivity contribution < 1.29 is 18.7 Å². The van der Waals surface area contributed by atoms with Crippen LogP contribution in [0.3, 0.4) is 0 Å². The Morgan fingerprint density at radius 1 is 1.11 bits per heavy atom. The first-order valence-corrected chi connectivity index (χ1v) is 9.12. The van der Waals surface area contributed by atoms with Crippen LogP contribution in [-0.4, -0.2) is 31.1 Å². The smallest absolute Gasteiger partial charge is 0.336 e. The van der Waals surface area contributed by atoms with Crippen LogP contribution in [0.15, 0.2) is 63.8 Å². The maximum Gasteiger partial charge on any atom is 0.336 e. The number of benzene rings is 2. The zero-order chi connectivity index (χ0) is 20.1. The highest BCUT2D eigenvalue weighted by Crippen LogP contribution is 2.24. The molecule has 3 aromatic rings. The van der Waals surface area contributed by atoms with Crippen molar-refractivity contribution in [3.8, 4) is 11.5 Å². The van der Waals surface area contributed by atoms with Crippen molar-refractivity contribution in [3.05, 3.63) is 70.6 Å². The molecular formula is C22H23NO5. The average Bonchev–Trinajstić information content (AvgIpc) is 2.72. The minimum atomic E-state index is -0.426. The number of nitrogens with zero attached hydrogens (tertiary/aromatic N) is 1. The Morgan fingerprint density at radius 2 is 1.89 bits per heavy atom. The Morgan fingerprint density at radius 3 is 2.64 bits per heavy atom. The Balaban J connectivity index is 1.70. The fraction of sp³-hybridized carbons (Fsp3) is 0.273. The summed E-state index contributed by atoms with van der Waals surface area (Å²) in [5.41, 5.74) is 0.988. The van der Waals surface area contributed by atoms with E-state index in [-0.39, 0.29) is 18.6 Å². The number of hydrogen-bond acceptors (Lipinski definition) is 5. The first kappa shape index (κ1) is 19.5. The van der Waals surface area contributed by atoms with Crippen molar-refractivity contribution in [2.45, 2.75) is 19.9 Å². The van der Waals surface area contributed by atoms with Gasteiger partial charge in [-0.3, -0.25) is 4.79 Å². The minimum Gasteiger partial charge on any atom is -0.497 e. The summed E-state index contributed by atoms with van der Waals surface area (Å²) in [5, 5.41) is 0.792. The second-order valence-corrected chi connectivity index (χ2v) is 6.38. The lowest BCUT2D eigenvalue weighted by atomic mass is 10.1. The SMILES string of the molecule is CCN(C(=O)COc1ccc2ccc(=O)oc2c1)C(C)c1cccc(OC)c1. The minimum absolute atomic E-state index is 0.106. The zero-order valence-corrected chi connectivity index (χ0v) is 16.2. The Labute approximate surface area is 163 Å². The van der Waals surface area contributed by atoms with Crippen molar-refractivity contribution in [2.24, 2.45) is 0 Å². The van der Waals surface area contributed by atoms with Gasteiger partial charge in [-0.1, -0.05) is 12.1 Å². The molecule has 1 aromatic heterocycles. The molecule has 6 heteroatoms. The third-order valence-corrected chi connectivity index (χ3v) is 4.66. The molecule has 2 aromatic carbocycles. The van der Waals surface area contributed by atoms with Crippen LogP contribution in [-0.2, 0) is 4.79 Å². The lowest BCUT2D eigenvalue weighted by Crippen LogP contribution is -2.36. The standard InChI is InChI=1S/C22H23NO5/c1-4-23(15(2)17-6-5-7-18(12-17)26-3)21(24)14-27-19-10-8-16-9-11-22(25)28-20(16)13-19/h5-13,15H,4,14H2,1-3H3. The van der Waals surface area contributed by atoms with Gasteiger partial charge in [0.25, 0.3) is 5.91 Å². The molecule has 0 aliphatic carbocycles. The predicted octanol–water partition coefficient (Wildman–Crippen LogP) is 3.79. The fourth-order valence-electron chi connectivity index (χ4n) is 3.11. The van der Waals surface area contributed by atoms with E-state index in [2.05, 4.69) is 0 Å². The van der Waals surface area contributed by atoms with Gasteiger partial charge in [-0.2, -0.15) is 0 Å². The van der Waals surface area contributed by atoms with E-state index in [0.29, 0.717) is 17.9 Å². The molecule has 0 aliphatic heterocycles. The van der Waals surface area contributed by atoms with Crippen molar-refractivity contribution in [1.82, 2.24) is 4.90 Å². The van der Waals surface area contributed by atoms with Gasteiger partial charge >= 0.3 is 5.63 Å². The van der Waals surface area contributed by atoms with E-state index in [1.54, 1.807) is 36.3 Å². The summed E-state index contributed by atoms with van der Waals surface area (Å²) in [7, 11) is 1.62. The summed E-state index contributed by atoms with van der Waals surface area (Å²) in [6.45, 7) is 4.35. The molecule has 146 valence electrons. The van der Waals surface area contributed by atoms with Crippen LogP contribution >= 0.6 is 0 Å². The Bertz CT molecular complexity index is 1030. The van der Waals surface area contributed by atoms with Gasteiger partial charge in [-0.25, -0.2) is 4.79 Å². The molecule has 0 spiro atoms. The highest BCUT2D eigenvalue weighted by Gasteiger charge is 2.21. The number of carbonyl (C=O) groups excluding carboxylic acids is 1. The highest BCUT2D eigenvalue weighted by atomic mass is 16.5. The van der Waals surface area contributed by atoms with Crippen molar-refractivity contribution in [3.63, 3.8) is 0 Å². The topological polar surface area (TPSA) is 69.0 Å². The van der Waals surface area contributed by atoms with Gasteiger partial charge in [0.05, 0.1) is 13.2 Å². The molecule has 0 N–H and O–H groups in total. The summed E-state index contributed by atoms with van der Waals surface area (Å²) in [4.78, 5) is 25.8. The molecule has 0 bridgehead atoms. The lowest BCUT2D eigenvalue weighted by molar-refractivity contribution is -0.135. The number of amides is 1. The van der Waals surface area contributed by atoms with Gasteiger partial charge in [-0.15, -0.1) is 0 Å². The zero-order valence-electron chi connectivity index (χ0n) is 16.2. The van der Waals surface area contributed by atoms with Gasteiger partial charge in [0.15, 0.2) is 6.61 Å². The van der Waals surface area contributed by atoms with E-state index in [1.807, 2.05) is 38.1 Å². The summed E-state index contributed by atoms with van der Waals surface area (Å²) >= 11 is 0. The number of rotatable bonds is 7.